The van der Waals surface area contributed by atoms with Gasteiger partial charge >= 0.3 is 6.03 Å². The van der Waals surface area contributed by atoms with Crippen molar-refractivity contribution in [2.24, 2.45) is 0 Å². The van der Waals surface area contributed by atoms with Gasteiger partial charge < -0.3 is 29.2 Å². The van der Waals surface area contributed by atoms with Gasteiger partial charge in [0.1, 0.15) is 5.69 Å². The lowest BCUT2D eigenvalue weighted by molar-refractivity contribution is 0.174. The number of nitrogens with zero attached hydrogens (tertiary/aromatic N) is 4. The Hall–Kier alpha value is -4.83. The normalized spacial score (nSPS) is 11.9. The maximum atomic E-state index is 12.4. The van der Waals surface area contributed by atoms with Gasteiger partial charge in [-0.25, -0.2) is 9.78 Å². The molecule has 2 amide bonds. The Labute approximate surface area is 215 Å². The number of nitrogens with one attached hydrogen (secondary N) is 2. The van der Waals surface area contributed by atoms with E-state index < -0.39 is 0 Å². The fourth-order valence-corrected chi connectivity index (χ4v) is 3.90. The molecular formula is C26H19ClN6O4. The monoisotopic (exact) mass is 514 g/mol. The van der Waals surface area contributed by atoms with E-state index in [9.17, 15) is 4.79 Å². The minimum Gasteiger partial charge on any atom is -0.454 e. The molecule has 11 heteroatoms. The smallest absolute Gasteiger partial charge is 0.323 e. The first-order valence-electron chi connectivity index (χ1n) is 11.3. The van der Waals surface area contributed by atoms with Crippen LogP contribution in [0.4, 0.5) is 16.2 Å². The van der Waals surface area contributed by atoms with Gasteiger partial charge in [-0.15, -0.1) is 0 Å². The van der Waals surface area contributed by atoms with E-state index in [-0.39, 0.29) is 12.8 Å². The number of ether oxygens (including phenoxy) is 2. The summed E-state index contributed by atoms with van der Waals surface area (Å²) in [7, 11) is 0. The van der Waals surface area contributed by atoms with Crippen molar-refractivity contribution in [3.63, 3.8) is 0 Å². The SMILES string of the molecule is O=C(Nc1ccc(Cn2cnc(-c3nc(-c4ccc(Cl)cc4)no3)c2)cc1)Nc1ccc2c(c1)OCO2. The van der Waals surface area contributed by atoms with Gasteiger partial charge in [-0.1, -0.05) is 28.9 Å². The number of urea groups is 1. The molecule has 2 N–H and O–H groups in total. The zero-order valence-electron chi connectivity index (χ0n) is 19.2. The summed E-state index contributed by atoms with van der Waals surface area (Å²) in [5.74, 6) is 2.06. The molecular weight excluding hydrogens is 496 g/mol. The first-order valence-corrected chi connectivity index (χ1v) is 11.7. The van der Waals surface area contributed by atoms with Crippen molar-refractivity contribution in [3.05, 3.63) is 89.8 Å². The highest BCUT2D eigenvalue weighted by atomic mass is 35.5. The maximum Gasteiger partial charge on any atom is 0.323 e. The summed E-state index contributed by atoms with van der Waals surface area (Å²) in [5, 5.41) is 10.3. The average molecular weight is 515 g/mol. The Morgan fingerprint density at radius 2 is 1.70 bits per heavy atom. The number of carbonyl (C=O) groups is 1. The van der Waals surface area contributed by atoms with E-state index in [1.54, 1.807) is 36.7 Å². The number of rotatable bonds is 6. The van der Waals surface area contributed by atoms with Crippen LogP contribution in [-0.2, 0) is 6.54 Å². The molecule has 1 aliphatic rings. The zero-order chi connectivity index (χ0) is 25.2. The summed E-state index contributed by atoms with van der Waals surface area (Å²) in [6, 6.07) is 19.6. The third-order valence-corrected chi connectivity index (χ3v) is 5.84. The molecule has 2 aromatic heterocycles. The van der Waals surface area contributed by atoms with Gasteiger partial charge in [-0.3, -0.25) is 0 Å². The van der Waals surface area contributed by atoms with E-state index in [1.807, 2.05) is 47.2 Å². The van der Waals surface area contributed by atoms with Crippen molar-refractivity contribution >= 4 is 29.0 Å². The van der Waals surface area contributed by atoms with Crippen molar-refractivity contribution in [2.75, 3.05) is 17.4 Å². The second kappa shape index (κ2) is 9.67. The van der Waals surface area contributed by atoms with Crippen LogP contribution in [0.15, 0.2) is 83.8 Å². The van der Waals surface area contributed by atoms with E-state index in [1.165, 1.54) is 0 Å². The Morgan fingerprint density at radius 1 is 0.946 bits per heavy atom. The summed E-state index contributed by atoms with van der Waals surface area (Å²) in [6.45, 7) is 0.759. The van der Waals surface area contributed by atoms with E-state index in [0.717, 1.165) is 11.1 Å². The zero-order valence-corrected chi connectivity index (χ0v) is 20.0. The number of fused-ring (bicyclic) bond motifs is 1. The number of aromatic nitrogens is 4. The molecule has 5 aromatic rings. The highest BCUT2D eigenvalue weighted by Crippen LogP contribution is 2.34. The quantitative estimate of drug-likeness (QED) is 0.299. The lowest BCUT2D eigenvalue weighted by atomic mass is 10.2. The van der Waals surface area contributed by atoms with Crippen molar-refractivity contribution in [2.45, 2.75) is 6.54 Å². The van der Waals surface area contributed by atoms with Crippen LogP contribution in [-0.4, -0.2) is 32.5 Å². The van der Waals surface area contributed by atoms with Gasteiger partial charge in [-0.2, -0.15) is 4.98 Å². The molecule has 3 aromatic carbocycles. The van der Waals surface area contributed by atoms with Gasteiger partial charge in [0, 0.05) is 40.8 Å². The fourth-order valence-electron chi connectivity index (χ4n) is 3.77. The number of carbonyl (C=O) groups excluding carboxylic acids is 1. The molecule has 0 bridgehead atoms. The first kappa shape index (κ1) is 22.6. The highest BCUT2D eigenvalue weighted by Gasteiger charge is 2.15. The Balaban J connectivity index is 1.06. The van der Waals surface area contributed by atoms with Crippen molar-refractivity contribution < 1.29 is 18.8 Å². The molecule has 0 spiro atoms. The van der Waals surface area contributed by atoms with E-state index in [2.05, 4.69) is 25.8 Å². The van der Waals surface area contributed by atoms with Gasteiger partial charge in [0.05, 0.1) is 6.33 Å². The summed E-state index contributed by atoms with van der Waals surface area (Å²) >= 11 is 5.94. The predicted molar refractivity (Wildman–Crippen MR) is 137 cm³/mol. The molecule has 37 heavy (non-hydrogen) atoms. The van der Waals surface area contributed by atoms with Crippen molar-refractivity contribution in [1.82, 2.24) is 19.7 Å². The predicted octanol–water partition coefficient (Wildman–Crippen LogP) is 5.67. The van der Waals surface area contributed by atoms with Crippen LogP contribution in [0.5, 0.6) is 11.5 Å². The molecule has 0 aliphatic carbocycles. The Bertz CT molecular complexity index is 1560. The molecule has 10 nitrogen and oxygen atoms in total. The maximum absolute atomic E-state index is 12.4. The molecule has 1 aliphatic heterocycles. The molecule has 0 atom stereocenters. The standard InChI is InChI=1S/C26H19ClN6O4/c27-18-5-3-17(4-6-18)24-31-25(37-32-24)21-13-33(14-28-21)12-16-1-7-19(8-2-16)29-26(34)30-20-9-10-22-23(11-20)36-15-35-22/h1-11,13-14H,12,15H2,(H2,29,30,34). The molecule has 0 saturated carbocycles. The topological polar surface area (TPSA) is 116 Å². The second-order valence-electron chi connectivity index (χ2n) is 8.21. The van der Waals surface area contributed by atoms with Crippen LogP contribution >= 0.6 is 11.6 Å². The minimum absolute atomic E-state index is 0.180. The van der Waals surface area contributed by atoms with E-state index in [4.69, 9.17) is 25.6 Å². The summed E-state index contributed by atoms with van der Waals surface area (Å²) < 4.78 is 17.9. The van der Waals surface area contributed by atoms with Crippen LogP contribution in [0, 0.1) is 0 Å². The highest BCUT2D eigenvalue weighted by molar-refractivity contribution is 6.30. The fraction of sp³-hybridized carbons (Fsp3) is 0.0769. The molecule has 184 valence electrons. The van der Waals surface area contributed by atoms with Gasteiger partial charge in [-0.05, 0) is 54.1 Å². The average Bonchev–Trinajstić information content (AvgIpc) is 3.66. The summed E-state index contributed by atoms with van der Waals surface area (Å²) in [6.07, 6.45) is 3.54. The number of hydrogen-bond donors (Lipinski definition) is 2. The van der Waals surface area contributed by atoms with E-state index in [0.29, 0.717) is 51.9 Å². The molecule has 0 radical (unpaired) electrons. The van der Waals surface area contributed by atoms with Crippen LogP contribution < -0.4 is 20.1 Å². The molecule has 0 unspecified atom stereocenters. The third-order valence-electron chi connectivity index (χ3n) is 5.59. The number of anilines is 2. The molecule has 0 saturated heterocycles. The van der Waals surface area contributed by atoms with E-state index >= 15 is 0 Å². The number of amides is 2. The molecule has 3 heterocycles. The number of hydrogen-bond acceptors (Lipinski definition) is 7. The van der Waals surface area contributed by atoms with Gasteiger partial charge in [0.25, 0.3) is 5.89 Å². The minimum atomic E-state index is -0.358. The van der Waals surface area contributed by atoms with Crippen LogP contribution in [0.3, 0.4) is 0 Å². The van der Waals surface area contributed by atoms with Gasteiger partial charge in [0.2, 0.25) is 12.6 Å². The number of imidazole rings is 1. The lowest BCUT2D eigenvalue weighted by Gasteiger charge is -2.09. The van der Waals surface area contributed by atoms with Crippen molar-refractivity contribution in [3.8, 4) is 34.5 Å². The van der Waals surface area contributed by atoms with Crippen LogP contribution in [0.25, 0.3) is 23.0 Å². The Kier molecular flexibility index (Phi) is 5.91. The molecule has 6 rings (SSSR count). The largest absolute Gasteiger partial charge is 0.454 e. The summed E-state index contributed by atoms with van der Waals surface area (Å²) in [5.41, 5.74) is 3.67. The third kappa shape index (κ3) is 5.09. The van der Waals surface area contributed by atoms with Crippen LogP contribution in [0.1, 0.15) is 5.56 Å². The van der Waals surface area contributed by atoms with Crippen molar-refractivity contribution in [1.29, 1.82) is 0 Å². The first-order chi connectivity index (χ1) is 18.1. The second-order valence-corrected chi connectivity index (χ2v) is 8.64. The summed E-state index contributed by atoms with van der Waals surface area (Å²) in [4.78, 5) is 21.2. The molecule has 0 fully saturated rings. The number of benzene rings is 3. The Morgan fingerprint density at radius 3 is 2.54 bits per heavy atom. The lowest BCUT2D eigenvalue weighted by Crippen LogP contribution is -2.19. The van der Waals surface area contributed by atoms with Crippen LogP contribution in [0.2, 0.25) is 5.02 Å². The number of halogens is 1. The van der Waals surface area contributed by atoms with Gasteiger partial charge in [0.15, 0.2) is 11.5 Å².